The van der Waals surface area contributed by atoms with Crippen LogP contribution in [0, 0.1) is 0 Å². The molecule has 3 rings (SSSR count). The summed E-state index contributed by atoms with van der Waals surface area (Å²) in [7, 11) is 3.51. The summed E-state index contributed by atoms with van der Waals surface area (Å²) in [6, 6.07) is 8.31. The van der Waals surface area contributed by atoms with Gasteiger partial charge in [0.1, 0.15) is 17.4 Å². The Morgan fingerprint density at radius 2 is 1.90 bits per heavy atom. The fourth-order valence-electron chi connectivity index (χ4n) is 3.75. The fraction of sp³-hybridized carbons (Fsp3) is 0.591. The van der Waals surface area contributed by atoms with Crippen molar-refractivity contribution in [3.05, 3.63) is 41.5 Å². The molecule has 1 aliphatic rings. The third-order valence-electron chi connectivity index (χ3n) is 5.61. The van der Waals surface area contributed by atoms with E-state index in [1.165, 1.54) is 24.8 Å². The number of aliphatic imine (C=N–C) groups is 1. The Balaban J connectivity index is 0.00000320. The van der Waals surface area contributed by atoms with Gasteiger partial charge in [-0.05, 0) is 42.9 Å². The summed E-state index contributed by atoms with van der Waals surface area (Å²) < 4.78 is 7.54. The van der Waals surface area contributed by atoms with Crippen LogP contribution in [0.4, 0.5) is 0 Å². The van der Waals surface area contributed by atoms with Crippen molar-refractivity contribution < 1.29 is 4.74 Å². The highest BCUT2D eigenvalue weighted by atomic mass is 127. The molecule has 8 heteroatoms. The zero-order valence-electron chi connectivity index (χ0n) is 18.4. The minimum absolute atomic E-state index is 0. The van der Waals surface area contributed by atoms with Crippen molar-refractivity contribution in [2.75, 3.05) is 27.2 Å². The normalized spacial score (nSPS) is 14.8. The second kappa shape index (κ2) is 12.8. The summed E-state index contributed by atoms with van der Waals surface area (Å²) in [5.41, 5.74) is 1.32. The van der Waals surface area contributed by atoms with Crippen LogP contribution in [0.2, 0.25) is 0 Å². The molecule has 2 N–H and O–H groups in total. The first-order valence-corrected chi connectivity index (χ1v) is 10.7. The van der Waals surface area contributed by atoms with Gasteiger partial charge in [0.05, 0.1) is 7.11 Å². The maximum atomic E-state index is 5.23. The van der Waals surface area contributed by atoms with Crippen LogP contribution < -0.4 is 15.4 Å². The smallest absolute Gasteiger partial charge is 0.190 e. The Morgan fingerprint density at radius 1 is 1.13 bits per heavy atom. The minimum atomic E-state index is 0. The van der Waals surface area contributed by atoms with E-state index in [1.807, 2.05) is 19.2 Å². The predicted octanol–water partition coefficient (Wildman–Crippen LogP) is 3.53. The number of benzene rings is 1. The van der Waals surface area contributed by atoms with Gasteiger partial charge in [0.15, 0.2) is 5.96 Å². The van der Waals surface area contributed by atoms with E-state index in [0.717, 1.165) is 62.3 Å². The van der Waals surface area contributed by atoms with Gasteiger partial charge >= 0.3 is 0 Å². The molecule has 1 aromatic heterocycles. The molecule has 0 amide bonds. The Kier molecular flexibility index (Phi) is 10.4. The van der Waals surface area contributed by atoms with Gasteiger partial charge in [0, 0.05) is 39.5 Å². The van der Waals surface area contributed by atoms with Gasteiger partial charge in [-0.3, -0.25) is 4.99 Å². The van der Waals surface area contributed by atoms with E-state index in [1.54, 1.807) is 7.11 Å². The number of nitrogens with one attached hydrogen (secondary N) is 2. The summed E-state index contributed by atoms with van der Waals surface area (Å²) >= 11 is 0. The lowest BCUT2D eigenvalue weighted by Crippen LogP contribution is -2.39. The van der Waals surface area contributed by atoms with Crippen molar-refractivity contribution in [1.82, 2.24) is 25.4 Å². The number of nitrogens with zero attached hydrogens (tertiary/aromatic N) is 4. The van der Waals surface area contributed by atoms with Gasteiger partial charge in [-0.15, -0.1) is 34.2 Å². The van der Waals surface area contributed by atoms with E-state index < -0.39 is 0 Å². The molecule has 0 bridgehead atoms. The first-order chi connectivity index (χ1) is 14.2. The molecular formula is C22H35IN6O. The number of methoxy groups -OCH3 is 1. The molecule has 1 aliphatic heterocycles. The molecule has 0 radical (unpaired) electrons. The van der Waals surface area contributed by atoms with Crippen molar-refractivity contribution in [2.24, 2.45) is 4.99 Å². The molecular weight excluding hydrogens is 491 g/mol. The van der Waals surface area contributed by atoms with Crippen molar-refractivity contribution >= 4 is 29.9 Å². The van der Waals surface area contributed by atoms with Crippen molar-refractivity contribution in [1.29, 1.82) is 0 Å². The predicted molar refractivity (Wildman–Crippen MR) is 132 cm³/mol. The van der Waals surface area contributed by atoms with E-state index in [9.17, 15) is 0 Å². The van der Waals surface area contributed by atoms with Crippen LogP contribution in [-0.4, -0.2) is 48.0 Å². The highest BCUT2D eigenvalue weighted by molar-refractivity contribution is 14.0. The van der Waals surface area contributed by atoms with E-state index in [0.29, 0.717) is 5.92 Å². The van der Waals surface area contributed by atoms with Crippen LogP contribution in [0.3, 0.4) is 0 Å². The van der Waals surface area contributed by atoms with Gasteiger partial charge in [0.25, 0.3) is 0 Å². The Bertz CT molecular complexity index is 789. The van der Waals surface area contributed by atoms with E-state index >= 15 is 0 Å². The van der Waals surface area contributed by atoms with Crippen molar-refractivity contribution in [2.45, 2.75) is 57.9 Å². The summed E-state index contributed by atoms with van der Waals surface area (Å²) in [6.45, 7) is 4.96. The van der Waals surface area contributed by atoms with Gasteiger partial charge in [-0.2, -0.15) is 0 Å². The molecule has 0 aliphatic carbocycles. The van der Waals surface area contributed by atoms with Gasteiger partial charge in [-0.1, -0.05) is 25.5 Å². The average Bonchev–Trinajstić information content (AvgIpc) is 2.98. The number of halogens is 1. The van der Waals surface area contributed by atoms with E-state index in [2.05, 4.69) is 49.4 Å². The van der Waals surface area contributed by atoms with Gasteiger partial charge in [0.2, 0.25) is 0 Å². The quantitative estimate of drug-likeness (QED) is 0.313. The third kappa shape index (κ3) is 6.85. The van der Waals surface area contributed by atoms with Crippen molar-refractivity contribution in [3.63, 3.8) is 0 Å². The first kappa shape index (κ1) is 24.4. The lowest BCUT2D eigenvalue weighted by atomic mass is 9.98. The van der Waals surface area contributed by atoms with Gasteiger partial charge in [-0.25, -0.2) is 0 Å². The minimum Gasteiger partial charge on any atom is -0.497 e. The maximum absolute atomic E-state index is 5.23. The number of ether oxygens (including phenoxy) is 1. The fourth-order valence-corrected chi connectivity index (χ4v) is 3.75. The van der Waals surface area contributed by atoms with Crippen LogP contribution in [0.25, 0.3) is 0 Å². The number of fused-ring (bicyclic) bond motifs is 1. The molecule has 0 fully saturated rings. The van der Waals surface area contributed by atoms with Crippen LogP contribution in [0.15, 0.2) is 29.3 Å². The highest BCUT2D eigenvalue weighted by Gasteiger charge is 2.14. The second-order valence-electron chi connectivity index (χ2n) is 7.63. The number of guanidine groups is 1. The van der Waals surface area contributed by atoms with Crippen LogP contribution in [-0.2, 0) is 19.4 Å². The summed E-state index contributed by atoms with van der Waals surface area (Å²) in [6.07, 6.45) is 6.67. The zero-order chi connectivity index (χ0) is 20.5. The lowest BCUT2D eigenvalue weighted by molar-refractivity contribution is 0.414. The lowest BCUT2D eigenvalue weighted by Gasteiger charge is -2.15. The topological polar surface area (TPSA) is 76.4 Å². The molecule has 1 unspecified atom stereocenters. The number of hydrogen-bond acceptors (Lipinski definition) is 4. The molecule has 166 valence electrons. The Morgan fingerprint density at radius 3 is 2.63 bits per heavy atom. The first-order valence-electron chi connectivity index (χ1n) is 10.7. The van der Waals surface area contributed by atoms with Crippen LogP contribution in [0.5, 0.6) is 5.75 Å². The Labute approximate surface area is 197 Å². The van der Waals surface area contributed by atoms with E-state index in [4.69, 9.17) is 4.74 Å². The molecule has 7 nitrogen and oxygen atoms in total. The molecule has 0 saturated heterocycles. The standard InChI is InChI=1S/C22H34N6O.HI/c1-17(18-8-10-19(29-3)11-9-18)12-14-24-22(23-2)25-15-13-21-27-26-20-7-5-4-6-16-28(20)21;/h8-11,17H,4-7,12-16H2,1-3H3,(H2,23,24,25);1H. The number of aryl methyl sites for hydroxylation is 1. The molecule has 30 heavy (non-hydrogen) atoms. The van der Waals surface area contributed by atoms with Gasteiger partial charge < -0.3 is 19.9 Å². The van der Waals surface area contributed by atoms with Crippen LogP contribution in [0.1, 0.15) is 55.7 Å². The average molecular weight is 526 g/mol. The number of rotatable bonds is 8. The molecule has 2 heterocycles. The second-order valence-corrected chi connectivity index (χ2v) is 7.63. The number of hydrogen-bond donors (Lipinski definition) is 2. The summed E-state index contributed by atoms with van der Waals surface area (Å²) in [5.74, 6) is 4.43. The van der Waals surface area contributed by atoms with E-state index in [-0.39, 0.29) is 24.0 Å². The SMILES string of the molecule is CN=C(NCCc1nnc2n1CCCCC2)NCCC(C)c1ccc(OC)cc1.I. The summed E-state index contributed by atoms with van der Waals surface area (Å²) in [4.78, 5) is 4.34. The summed E-state index contributed by atoms with van der Waals surface area (Å²) in [5, 5.41) is 15.6. The molecule has 0 spiro atoms. The Hall–Kier alpha value is -1.84. The molecule has 1 aromatic carbocycles. The monoisotopic (exact) mass is 526 g/mol. The highest BCUT2D eigenvalue weighted by Crippen LogP contribution is 2.21. The largest absolute Gasteiger partial charge is 0.497 e. The number of aromatic nitrogens is 3. The molecule has 1 atom stereocenters. The van der Waals surface area contributed by atoms with Crippen LogP contribution >= 0.6 is 24.0 Å². The molecule has 2 aromatic rings. The maximum Gasteiger partial charge on any atom is 0.190 e. The van der Waals surface area contributed by atoms with Crippen molar-refractivity contribution in [3.8, 4) is 5.75 Å². The zero-order valence-corrected chi connectivity index (χ0v) is 20.7. The third-order valence-corrected chi connectivity index (χ3v) is 5.61. The molecule has 0 saturated carbocycles.